The maximum Gasteiger partial charge on any atom is 0.306 e. The number of aliphatic hydroxyl groups excluding tert-OH is 2. The first-order valence-electron chi connectivity index (χ1n) is 7.72. The molecule has 2 fully saturated rings. The molecule has 1 aliphatic carbocycles. The number of carbonyl (C=O) groups excluding carboxylic acids is 1. The normalized spacial score (nSPS) is 34.2. The molecule has 6 atom stereocenters. The molecule has 0 radical (unpaired) electrons. The molecule has 2 N–H and O–H groups in total. The molecule has 0 aromatic carbocycles. The molecule has 116 valence electrons. The van der Waals surface area contributed by atoms with Gasteiger partial charge in [0.2, 0.25) is 0 Å². The van der Waals surface area contributed by atoms with Crippen molar-refractivity contribution in [1.82, 2.24) is 0 Å². The zero-order valence-electron chi connectivity index (χ0n) is 12.7. The van der Waals surface area contributed by atoms with E-state index in [1.807, 2.05) is 19.9 Å². The molecule has 21 heavy (non-hydrogen) atoms. The Labute approximate surface area is 126 Å². The zero-order chi connectivity index (χ0) is 15.4. The van der Waals surface area contributed by atoms with E-state index in [4.69, 9.17) is 4.74 Å². The lowest BCUT2D eigenvalue weighted by molar-refractivity contribution is -0.141. The average Bonchev–Trinajstić information content (AvgIpc) is 2.91. The Hall–Kier alpha value is -1.31. The van der Waals surface area contributed by atoms with Gasteiger partial charge in [-0.15, -0.1) is 11.8 Å². The van der Waals surface area contributed by atoms with Gasteiger partial charge in [-0.2, -0.15) is 0 Å². The van der Waals surface area contributed by atoms with Crippen molar-refractivity contribution in [2.24, 2.45) is 17.8 Å². The van der Waals surface area contributed by atoms with Gasteiger partial charge in [0.25, 0.3) is 0 Å². The summed E-state index contributed by atoms with van der Waals surface area (Å²) < 4.78 is 5.19. The summed E-state index contributed by atoms with van der Waals surface area (Å²) >= 11 is 0. The SMILES string of the molecule is CCC#CC[C@H](C)C(O)/C=C/C1C(O)CC2OC(=O)CC21. The molecular formula is C17H24O4. The summed E-state index contributed by atoms with van der Waals surface area (Å²) in [7, 11) is 0. The molecular weight excluding hydrogens is 268 g/mol. The van der Waals surface area contributed by atoms with Gasteiger partial charge in [0, 0.05) is 31.1 Å². The monoisotopic (exact) mass is 292 g/mol. The Morgan fingerprint density at radius 2 is 2.24 bits per heavy atom. The van der Waals surface area contributed by atoms with E-state index in [0.29, 0.717) is 19.3 Å². The van der Waals surface area contributed by atoms with Crippen molar-refractivity contribution in [3.05, 3.63) is 12.2 Å². The van der Waals surface area contributed by atoms with E-state index >= 15 is 0 Å². The summed E-state index contributed by atoms with van der Waals surface area (Å²) in [6.07, 6.45) is 4.69. The first-order valence-corrected chi connectivity index (χ1v) is 7.72. The number of esters is 1. The lowest BCUT2D eigenvalue weighted by Crippen LogP contribution is -2.20. The van der Waals surface area contributed by atoms with Gasteiger partial charge in [0.15, 0.2) is 0 Å². The van der Waals surface area contributed by atoms with Crippen molar-refractivity contribution >= 4 is 5.97 Å². The molecule has 1 saturated carbocycles. The van der Waals surface area contributed by atoms with E-state index in [-0.39, 0.29) is 29.8 Å². The minimum atomic E-state index is -0.583. The van der Waals surface area contributed by atoms with Crippen LogP contribution >= 0.6 is 0 Å². The number of hydrogen-bond donors (Lipinski definition) is 2. The third kappa shape index (κ3) is 3.87. The minimum Gasteiger partial charge on any atom is -0.462 e. The summed E-state index contributed by atoms with van der Waals surface area (Å²) in [6.45, 7) is 3.95. The molecule has 0 aromatic rings. The topological polar surface area (TPSA) is 66.8 Å². The van der Waals surface area contributed by atoms with Gasteiger partial charge in [-0.05, 0) is 5.92 Å². The predicted molar refractivity (Wildman–Crippen MR) is 79.1 cm³/mol. The first-order chi connectivity index (χ1) is 10.0. The van der Waals surface area contributed by atoms with Crippen LogP contribution in [0, 0.1) is 29.6 Å². The number of carbonyl (C=O) groups is 1. The van der Waals surface area contributed by atoms with E-state index in [9.17, 15) is 15.0 Å². The standard InChI is InChI=1S/C17H24O4/c1-3-4-5-6-11(2)14(18)8-7-12-13-9-17(20)21-16(13)10-15(12)19/h7-8,11-16,18-19H,3,6,9-10H2,1-2H3/b8-7+/t11-,12?,13?,14?,15?,16?/m0/s1. The van der Waals surface area contributed by atoms with Crippen LogP contribution in [0.3, 0.4) is 0 Å². The zero-order valence-corrected chi connectivity index (χ0v) is 12.7. The van der Waals surface area contributed by atoms with Crippen LogP contribution in [-0.2, 0) is 9.53 Å². The fourth-order valence-corrected chi connectivity index (χ4v) is 3.10. The Bertz CT molecular complexity index is 459. The Morgan fingerprint density at radius 3 is 2.95 bits per heavy atom. The van der Waals surface area contributed by atoms with Crippen LogP contribution in [0.15, 0.2) is 12.2 Å². The number of rotatable bonds is 4. The van der Waals surface area contributed by atoms with Crippen molar-refractivity contribution in [3.63, 3.8) is 0 Å². The number of hydrogen-bond acceptors (Lipinski definition) is 4. The van der Waals surface area contributed by atoms with Crippen LogP contribution in [0.5, 0.6) is 0 Å². The highest BCUT2D eigenvalue weighted by Crippen LogP contribution is 2.42. The van der Waals surface area contributed by atoms with Crippen LogP contribution in [0.2, 0.25) is 0 Å². The molecule has 0 spiro atoms. The van der Waals surface area contributed by atoms with Crippen molar-refractivity contribution in [2.75, 3.05) is 0 Å². The van der Waals surface area contributed by atoms with E-state index in [0.717, 1.165) is 6.42 Å². The molecule has 0 amide bonds. The van der Waals surface area contributed by atoms with Crippen LogP contribution in [-0.4, -0.2) is 34.5 Å². The maximum atomic E-state index is 11.3. The summed E-state index contributed by atoms with van der Waals surface area (Å²) in [5, 5.41) is 20.2. The van der Waals surface area contributed by atoms with Crippen molar-refractivity contribution in [3.8, 4) is 11.8 Å². The molecule has 1 aliphatic heterocycles. The van der Waals surface area contributed by atoms with Crippen molar-refractivity contribution in [1.29, 1.82) is 0 Å². The molecule has 4 nitrogen and oxygen atoms in total. The molecule has 2 aliphatic rings. The van der Waals surface area contributed by atoms with Crippen molar-refractivity contribution < 1.29 is 19.7 Å². The smallest absolute Gasteiger partial charge is 0.306 e. The molecule has 1 heterocycles. The lowest BCUT2D eigenvalue weighted by atomic mass is 9.90. The second-order valence-electron chi connectivity index (χ2n) is 6.04. The van der Waals surface area contributed by atoms with Gasteiger partial charge in [-0.1, -0.05) is 26.0 Å². The largest absolute Gasteiger partial charge is 0.462 e. The summed E-state index contributed by atoms with van der Waals surface area (Å²) in [4.78, 5) is 11.3. The van der Waals surface area contributed by atoms with E-state index in [1.165, 1.54) is 0 Å². The lowest BCUT2D eigenvalue weighted by Gasteiger charge is -2.17. The van der Waals surface area contributed by atoms with Gasteiger partial charge in [0.05, 0.1) is 18.6 Å². The van der Waals surface area contributed by atoms with Gasteiger partial charge < -0.3 is 14.9 Å². The highest BCUT2D eigenvalue weighted by atomic mass is 16.6. The van der Waals surface area contributed by atoms with Crippen molar-refractivity contribution in [2.45, 2.75) is 57.8 Å². The Morgan fingerprint density at radius 1 is 1.48 bits per heavy atom. The summed E-state index contributed by atoms with van der Waals surface area (Å²) in [5.41, 5.74) is 0. The fraction of sp³-hybridized carbons (Fsp3) is 0.706. The third-order valence-electron chi connectivity index (χ3n) is 4.41. The van der Waals surface area contributed by atoms with Gasteiger partial charge >= 0.3 is 5.97 Å². The predicted octanol–water partition coefficient (Wildman–Crippen LogP) is 1.66. The maximum absolute atomic E-state index is 11.3. The second kappa shape index (κ2) is 7.11. The van der Waals surface area contributed by atoms with Gasteiger partial charge in [0.1, 0.15) is 6.10 Å². The Balaban J connectivity index is 1.91. The van der Waals surface area contributed by atoms with Gasteiger partial charge in [-0.3, -0.25) is 4.79 Å². The number of aliphatic hydroxyl groups is 2. The average molecular weight is 292 g/mol. The van der Waals surface area contributed by atoms with E-state index < -0.39 is 12.2 Å². The molecule has 2 rings (SSSR count). The summed E-state index contributed by atoms with van der Waals surface area (Å²) in [5.74, 6) is 5.84. The molecule has 0 aromatic heterocycles. The van der Waals surface area contributed by atoms with Crippen LogP contribution in [0.1, 0.15) is 39.5 Å². The second-order valence-corrected chi connectivity index (χ2v) is 6.04. The van der Waals surface area contributed by atoms with Crippen LogP contribution < -0.4 is 0 Å². The molecule has 4 heteroatoms. The van der Waals surface area contributed by atoms with E-state index in [1.54, 1.807) is 6.08 Å². The highest BCUT2D eigenvalue weighted by Gasteiger charge is 2.48. The van der Waals surface area contributed by atoms with Crippen LogP contribution in [0.25, 0.3) is 0 Å². The molecule has 5 unspecified atom stereocenters. The molecule has 0 bridgehead atoms. The van der Waals surface area contributed by atoms with Crippen LogP contribution in [0.4, 0.5) is 0 Å². The third-order valence-corrected chi connectivity index (χ3v) is 4.41. The minimum absolute atomic E-state index is 0.0474. The Kier molecular flexibility index (Phi) is 5.44. The fourth-order valence-electron chi connectivity index (χ4n) is 3.10. The van der Waals surface area contributed by atoms with E-state index in [2.05, 4.69) is 11.8 Å². The van der Waals surface area contributed by atoms with Gasteiger partial charge in [-0.25, -0.2) is 0 Å². The quantitative estimate of drug-likeness (QED) is 0.470. The number of fused-ring (bicyclic) bond motifs is 1. The highest BCUT2D eigenvalue weighted by molar-refractivity contribution is 5.72. The summed E-state index contributed by atoms with van der Waals surface area (Å²) in [6, 6.07) is 0. The number of ether oxygens (including phenoxy) is 1. The first kappa shape index (κ1) is 16.1. The molecule has 1 saturated heterocycles.